The predicted molar refractivity (Wildman–Crippen MR) is 147 cm³/mol. The number of hydrogen-bond acceptors (Lipinski definition) is 5. The number of carbonyl (C=O) groups excluding carboxylic acids is 2. The zero-order chi connectivity index (χ0) is 26.9. The Kier molecular flexibility index (Phi) is 6.40. The molecule has 4 atom stereocenters. The molecule has 3 aliphatic heterocycles. The van der Waals surface area contributed by atoms with Gasteiger partial charge in [0.05, 0.1) is 23.5 Å². The van der Waals surface area contributed by atoms with Gasteiger partial charge in [-0.05, 0) is 42.7 Å². The Morgan fingerprint density at radius 3 is 2.00 bits per heavy atom. The molecule has 0 spiro atoms. The van der Waals surface area contributed by atoms with Crippen molar-refractivity contribution in [1.29, 1.82) is 0 Å². The van der Waals surface area contributed by atoms with Crippen LogP contribution in [-0.4, -0.2) is 69.5 Å². The van der Waals surface area contributed by atoms with E-state index < -0.39 is 30.0 Å². The highest BCUT2D eigenvalue weighted by atomic mass is 16.4. The molecule has 3 aliphatic rings. The number of carbonyl (C=O) groups is 3. The highest BCUT2D eigenvalue weighted by molar-refractivity contribution is 6.40. The first-order valence-electron chi connectivity index (χ1n) is 13.0. The maximum Gasteiger partial charge on any atom is 0.329 e. The van der Waals surface area contributed by atoms with Crippen LogP contribution >= 0.6 is 0 Å². The maximum absolute atomic E-state index is 14.1. The van der Waals surface area contributed by atoms with E-state index in [0.29, 0.717) is 24.2 Å². The second-order valence-electron chi connectivity index (χ2n) is 9.82. The van der Waals surface area contributed by atoms with E-state index in [1.165, 1.54) is 9.80 Å². The monoisotopic (exact) mass is 521 g/mol. The van der Waals surface area contributed by atoms with Crippen molar-refractivity contribution in [2.45, 2.75) is 37.0 Å². The van der Waals surface area contributed by atoms with Crippen LogP contribution in [-0.2, 0) is 9.59 Å². The number of carboxylic acid groups (broad SMARTS) is 1. The highest BCUT2D eigenvalue weighted by Crippen LogP contribution is 2.37. The molecule has 3 amide bonds. The average Bonchev–Trinajstić information content (AvgIpc) is 3.58. The van der Waals surface area contributed by atoms with Gasteiger partial charge in [-0.15, -0.1) is 0 Å². The minimum Gasteiger partial charge on any atom is -0.480 e. The van der Waals surface area contributed by atoms with Gasteiger partial charge in [-0.25, -0.2) is 19.6 Å². The summed E-state index contributed by atoms with van der Waals surface area (Å²) >= 11 is 0. The molecule has 39 heavy (non-hydrogen) atoms. The normalized spacial score (nSPS) is 23.4. The van der Waals surface area contributed by atoms with E-state index in [4.69, 9.17) is 0 Å². The summed E-state index contributed by atoms with van der Waals surface area (Å²) in [5, 5.41) is 10.3. The number of piperazine rings is 1. The van der Waals surface area contributed by atoms with Crippen LogP contribution in [0.5, 0.6) is 0 Å². The largest absolute Gasteiger partial charge is 0.480 e. The van der Waals surface area contributed by atoms with Crippen molar-refractivity contribution in [3.8, 4) is 0 Å². The summed E-state index contributed by atoms with van der Waals surface area (Å²) in [5.41, 5.74) is 2.18. The fourth-order valence-corrected chi connectivity index (χ4v) is 5.79. The lowest BCUT2D eigenvalue weighted by Crippen LogP contribution is -2.67. The lowest BCUT2D eigenvalue weighted by Gasteiger charge is -2.46. The number of para-hydroxylation sites is 2. The molecule has 0 aliphatic carbocycles. The third kappa shape index (κ3) is 4.46. The number of likely N-dealkylation sites (tertiary alicyclic amines) is 1. The highest BCUT2D eigenvalue weighted by Gasteiger charge is 2.54. The standard InChI is InChI=1S/C30H27N5O4/c36-28(27-31-18-24(32-27)20-10-4-1-5-11-20)35-23-16-17-25(35)26(29(37)38)33(19-23)30(39)34(21-12-6-2-7-13-21)22-14-8-3-9-15-22/h1-15,18,23-26H,16-17,19H2,(H,37,38)/t23-,24?,25+,26-/m0/s1. The Balaban J connectivity index is 1.30. The van der Waals surface area contributed by atoms with Crippen LogP contribution in [0.15, 0.2) is 101 Å². The summed E-state index contributed by atoms with van der Waals surface area (Å²) in [5.74, 6) is -1.47. The number of carboxylic acids is 1. The Hall–Kier alpha value is -4.79. The Morgan fingerprint density at radius 1 is 0.821 bits per heavy atom. The van der Waals surface area contributed by atoms with Gasteiger partial charge >= 0.3 is 12.0 Å². The second-order valence-corrected chi connectivity index (χ2v) is 9.82. The fraction of sp³-hybridized carbons (Fsp3) is 0.233. The van der Waals surface area contributed by atoms with Crippen molar-refractivity contribution in [2.75, 3.05) is 11.4 Å². The second kappa shape index (κ2) is 10.2. The fourth-order valence-electron chi connectivity index (χ4n) is 5.79. The quantitative estimate of drug-likeness (QED) is 0.540. The first-order valence-corrected chi connectivity index (χ1v) is 13.0. The molecule has 196 valence electrons. The van der Waals surface area contributed by atoms with E-state index in [1.807, 2.05) is 91.0 Å². The van der Waals surface area contributed by atoms with Gasteiger partial charge in [-0.1, -0.05) is 66.7 Å². The van der Waals surface area contributed by atoms with Gasteiger partial charge in [0.2, 0.25) is 5.84 Å². The van der Waals surface area contributed by atoms with E-state index >= 15 is 0 Å². The summed E-state index contributed by atoms with van der Waals surface area (Å²) in [7, 11) is 0. The van der Waals surface area contributed by atoms with Crippen LogP contribution in [0, 0.1) is 0 Å². The van der Waals surface area contributed by atoms with Crippen molar-refractivity contribution in [2.24, 2.45) is 9.98 Å². The average molecular weight is 522 g/mol. The number of nitrogens with zero attached hydrogens (tertiary/aromatic N) is 5. The molecule has 6 rings (SSSR count). The first kappa shape index (κ1) is 24.5. The predicted octanol–water partition coefficient (Wildman–Crippen LogP) is 4.30. The van der Waals surface area contributed by atoms with Gasteiger partial charge in [-0.2, -0.15) is 0 Å². The third-order valence-corrected chi connectivity index (χ3v) is 7.54. The smallest absolute Gasteiger partial charge is 0.329 e. The number of rotatable bonds is 5. The number of aliphatic carboxylic acids is 1. The molecular formula is C30H27N5O4. The topological polar surface area (TPSA) is 106 Å². The van der Waals surface area contributed by atoms with Crippen LogP contribution in [0.2, 0.25) is 0 Å². The van der Waals surface area contributed by atoms with Crippen molar-refractivity contribution in [1.82, 2.24) is 9.80 Å². The van der Waals surface area contributed by atoms with Crippen LogP contribution in [0.4, 0.5) is 16.2 Å². The Bertz CT molecular complexity index is 1400. The van der Waals surface area contributed by atoms with E-state index in [0.717, 1.165) is 5.56 Å². The molecule has 1 unspecified atom stereocenters. The molecule has 9 heteroatoms. The van der Waals surface area contributed by atoms with Crippen molar-refractivity contribution >= 4 is 41.3 Å². The lowest BCUT2D eigenvalue weighted by molar-refractivity contribution is -0.149. The first-order chi connectivity index (χ1) is 19.0. The minimum absolute atomic E-state index is 0.0693. The molecule has 0 saturated carbocycles. The number of amides is 3. The molecule has 1 N–H and O–H groups in total. The van der Waals surface area contributed by atoms with Gasteiger partial charge in [0.25, 0.3) is 5.91 Å². The lowest BCUT2D eigenvalue weighted by atomic mass is 10.0. The van der Waals surface area contributed by atoms with Crippen molar-refractivity contribution in [3.63, 3.8) is 0 Å². The molecule has 3 heterocycles. The zero-order valence-electron chi connectivity index (χ0n) is 21.1. The molecule has 0 radical (unpaired) electrons. The number of aliphatic imine (C=N–C) groups is 2. The molecule has 2 fully saturated rings. The third-order valence-electron chi connectivity index (χ3n) is 7.54. The number of amidine groups is 1. The van der Waals surface area contributed by atoms with Crippen LogP contribution in [0.1, 0.15) is 24.4 Å². The van der Waals surface area contributed by atoms with Crippen LogP contribution in [0.25, 0.3) is 0 Å². The van der Waals surface area contributed by atoms with E-state index in [2.05, 4.69) is 9.98 Å². The number of hydrogen-bond donors (Lipinski definition) is 1. The summed E-state index contributed by atoms with van der Waals surface area (Å²) in [4.78, 5) is 53.8. The summed E-state index contributed by atoms with van der Waals surface area (Å²) < 4.78 is 0. The summed E-state index contributed by atoms with van der Waals surface area (Å²) in [6.07, 6.45) is 2.71. The van der Waals surface area contributed by atoms with Crippen LogP contribution in [0.3, 0.4) is 0 Å². The number of urea groups is 1. The molecule has 0 aromatic heterocycles. The molecular weight excluding hydrogens is 494 g/mol. The minimum atomic E-state index is -1.20. The Labute approximate surface area is 225 Å². The van der Waals surface area contributed by atoms with E-state index in [-0.39, 0.29) is 24.5 Å². The summed E-state index contributed by atoms with van der Waals surface area (Å²) in [6.45, 7) is 0.104. The van der Waals surface area contributed by atoms with Gasteiger partial charge in [0, 0.05) is 12.8 Å². The number of fused-ring (bicyclic) bond motifs is 2. The van der Waals surface area contributed by atoms with Crippen molar-refractivity contribution < 1.29 is 19.5 Å². The number of anilines is 2. The summed E-state index contributed by atoms with van der Waals surface area (Å²) in [6, 6.07) is 24.9. The molecule has 9 nitrogen and oxygen atoms in total. The van der Waals surface area contributed by atoms with Gasteiger partial charge < -0.3 is 14.9 Å². The van der Waals surface area contributed by atoms with E-state index in [9.17, 15) is 19.5 Å². The van der Waals surface area contributed by atoms with E-state index in [1.54, 1.807) is 11.1 Å². The molecule has 3 aromatic carbocycles. The Morgan fingerprint density at radius 2 is 1.41 bits per heavy atom. The molecule has 2 bridgehead atoms. The molecule has 2 saturated heterocycles. The van der Waals surface area contributed by atoms with Crippen molar-refractivity contribution in [3.05, 3.63) is 96.6 Å². The van der Waals surface area contributed by atoms with Gasteiger partial charge in [-0.3, -0.25) is 9.69 Å². The van der Waals surface area contributed by atoms with Gasteiger partial charge in [0.15, 0.2) is 6.04 Å². The van der Waals surface area contributed by atoms with Gasteiger partial charge in [0.1, 0.15) is 6.04 Å². The molecule has 3 aromatic rings. The maximum atomic E-state index is 14.1. The van der Waals surface area contributed by atoms with Crippen LogP contribution < -0.4 is 4.90 Å². The zero-order valence-corrected chi connectivity index (χ0v) is 21.1. The SMILES string of the molecule is O=C(O)[C@@H]1[C@H]2CC[C@@H](CN1C(=O)N(c1ccccc1)c1ccccc1)N2C(=O)C1=NC(c2ccccc2)C=N1. The number of benzene rings is 3.